The normalized spacial score (nSPS) is 13.5. The largest absolute Gasteiger partial charge is 0.469 e. The summed E-state index contributed by atoms with van der Waals surface area (Å²) < 4.78 is 4.78. The van der Waals surface area contributed by atoms with E-state index in [0.717, 1.165) is 77.8 Å². The van der Waals surface area contributed by atoms with Gasteiger partial charge in [-0.25, -0.2) is 0 Å². The Bertz CT molecular complexity index is 687. The van der Waals surface area contributed by atoms with Gasteiger partial charge in [-0.15, -0.1) is 0 Å². The van der Waals surface area contributed by atoms with Crippen LogP contribution in [0.4, 0.5) is 0 Å². The van der Waals surface area contributed by atoms with Crippen LogP contribution in [0.15, 0.2) is 0 Å². The van der Waals surface area contributed by atoms with E-state index >= 15 is 0 Å². The summed E-state index contributed by atoms with van der Waals surface area (Å²) in [5.41, 5.74) is 0. The lowest BCUT2D eigenvalue weighted by Crippen LogP contribution is -2.45. The molecule has 0 unspecified atom stereocenters. The average Bonchev–Trinajstić information content (AvgIpc) is 3.03. The number of rotatable bonds is 34. The molecule has 7 nitrogen and oxygen atoms in total. The average molecular weight is 652 g/mol. The van der Waals surface area contributed by atoms with Crippen molar-refractivity contribution in [2.24, 2.45) is 5.92 Å². The summed E-state index contributed by atoms with van der Waals surface area (Å²) in [6.45, 7) is 10.5. The topological polar surface area (TPSA) is 82.1 Å². The molecule has 1 saturated carbocycles. The molecule has 0 atom stereocenters. The first-order valence-electron chi connectivity index (χ1n) is 19.9. The van der Waals surface area contributed by atoms with E-state index in [4.69, 9.17) is 4.74 Å². The number of esters is 1. The van der Waals surface area contributed by atoms with E-state index in [1.54, 1.807) is 0 Å². The fourth-order valence-electron chi connectivity index (χ4n) is 6.77. The van der Waals surface area contributed by atoms with Crippen molar-refractivity contribution < 1.29 is 19.4 Å². The number of carbonyl (C=O) groups excluding carboxylic acids is 2. The van der Waals surface area contributed by atoms with Gasteiger partial charge in [-0.1, -0.05) is 110 Å². The summed E-state index contributed by atoms with van der Waals surface area (Å²) in [6, 6.07) is 0.642. The van der Waals surface area contributed by atoms with Gasteiger partial charge in [0.15, 0.2) is 0 Å². The number of hydrogen-bond donors (Lipinski definition) is 2. The molecule has 1 aliphatic carbocycles. The molecule has 1 fully saturated rings. The molecular weight excluding hydrogens is 574 g/mol. The Kier molecular flexibility index (Phi) is 29.0. The zero-order valence-corrected chi connectivity index (χ0v) is 30.8. The van der Waals surface area contributed by atoms with Crippen LogP contribution in [-0.4, -0.2) is 85.8 Å². The van der Waals surface area contributed by atoms with Crippen molar-refractivity contribution in [3.63, 3.8) is 0 Å². The maximum atomic E-state index is 12.8. The monoisotopic (exact) mass is 652 g/mol. The van der Waals surface area contributed by atoms with Crippen LogP contribution in [0.1, 0.15) is 174 Å². The van der Waals surface area contributed by atoms with Crippen LogP contribution in [0.25, 0.3) is 0 Å². The van der Waals surface area contributed by atoms with E-state index in [9.17, 15) is 14.7 Å². The molecule has 1 aliphatic rings. The first-order valence-corrected chi connectivity index (χ1v) is 19.9. The first-order chi connectivity index (χ1) is 22.5. The summed E-state index contributed by atoms with van der Waals surface area (Å²) in [7, 11) is 1.46. The summed E-state index contributed by atoms with van der Waals surface area (Å²) in [5.74, 6) is 0.749. The summed E-state index contributed by atoms with van der Waals surface area (Å²) in [4.78, 5) is 29.3. The van der Waals surface area contributed by atoms with E-state index in [-0.39, 0.29) is 18.5 Å². The number of aliphatic hydroxyl groups excluding tert-OH is 1. The first kappa shape index (κ1) is 42.8. The number of amides is 1. The molecule has 0 radical (unpaired) electrons. The summed E-state index contributed by atoms with van der Waals surface area (Å²) in [5, 5.41) is 12.9. The van der Waals surface area contributed by atoms with Crippen molar-refractivity contribution in [1.29, 1.82) is 0 Å². The molecule has 272 valence electrons. The minimum Gasteiger partial charge on any atom is -0.469 e. The smallest absolute Gasteiger partial charge is 0.305 e. The molecule has 0 bridgehead atoms. The highest BCUT2D eigenvalue weighted by Crippen LogP contribution is 2.24. The number of methoxy groups -OCH3 is 1. The van der Waals surface area contributed by atoms with Crippen molar-refractivity contribution in [1.82, 2.24) is 15.1 Å². The lowest BCUT2D eigenvalue weighted by molar-refractivity contribution is -0.140. The number of nitrogens with one attached hydrogen (secondary N) is 1. The molecule has 0 saturated heterocycles. The molecule has 1 amide bonds. The quantitative estimate of drug-likeness (QED) is 0.0535. The molecule has 0 aromatic carbocycles. The Hall–Kier alpha value is -1.18. The summed E-state index contributed by atoms with van der Waals surface area (Å²) in [6.07, 6.45) is 29.7. The number of carbonyl (C=O) groups is 2. The molecular formula is C39H77N3O4. The second kappa shape index (κ2) is 31.1. The van der Waals surface area contributed by atoms with E-state index < -0.39 is 0 Å². The zero-order chi connectivity index (χ0) is 33.5. The minimum absolute atomic E-state index is 0.118. The predicted molar refractivity (Wildman–Crippen MR) is 194 cm³/mol. The highest BCUT2D eigenvalue weighted by molar-refractivity contribution is 5.75. The van der Waals surface area contributed by atoms with Crippen molar-refractivity contribution >= 4 is 11.9 Å². The van der Waals surface area contributed by atoms with Crippen LogP contribution in [0.3, 0.4) is 0 Å². The van der Waals surface area contributed by atoms with Crippen LogP contribution >= 0.6 is 0 Å². The minimum atomic E-state index is -0.118. The van der Waals surface area contributed by atoms with E-state index in [1.807, 2.05) is 0 Å². The van der Waals surface area contributed by atoms with Gasteiger partial charge >= 0.3 is 5.97 Å². The molecule has 0 aromatic rings. The Balaban J connectivity index is 2.38. The van der Waals surface area contributed by atoms with Gasteiger partial charge in [0.25, 0.3) is 0 Å². The van der Waals surface area contributed by atoms with Gasteiger partial charge < -0.3 is 20.1 Å². The van der Waals surface area contributed by atoms with E-state index in [0.29, 0.717) is 24.8 Å². The van der Waals surface area contributed by atoms with E-state index in [2.05, 4.69) is 29.0 Å². The van der Waals surface area contributed by atoms with Crippen LogP contribution in [0.2, 0.25) is 0 Å². The molecule has 0 spiro atoms. The van der Waals surface area contributed by atoms with Crippen LogP contribution in [0.5, 0.6) is 0 Å². The Morgan fingerprint density at radius 2 is 1.24 bits per heavy atom. The third-order valence-corrected chi connectivity index (χ3v) is 10.2. The van der Waals surface area contributed by atoms with Crippen molar-refractivity contribution in [3.8, 4) is 0 Å². The van der Waals surface area contributed by atoms with Gasteiger partial charge in [0.05, 0.1) is 13.7 Å². The van der Waals surface area contributed by atoms with Gasteiger partial charge in [0.1, 0.15) is 0 Å². The fourth-order valence-corrected chi connectivity index (χ4v) is 6.77. The Labute approximate surface area is 285 Å². The predicted octanol–water partition coefficient (Wildman–Crippen LogP) is 8.66. The van der Waals surface area contributed by atoms with Crippen LogP contribution in [-0.2, 0) is 14.3 Å². The second-order valence-corrected chi connectivity index (χ2v) is 14.2. The van der Waals surface area contributed by atoms with Crippen LogP contribution < -0.4 is 5.32 Å². The zero-order valence-electron chi connectivity index (χ0n) is 30.8. The fraction of sp³-hybridized carbons (Fsp3) is 0.949. The Morgan fingerprint density at radius 1 is 0.696 bits per heavy atom. The lowest BCUT2D eigenvalue weighted by Gasteiger charge is -2.38. The number of unbranched alkanes of at least 4 members (excludes halogenated alkanes) is 14. The number of aliphatic hydroxyl groups is 1. The van der Waals surface area contributed by atoms with Crippen molar-refractivity contribution in [3.05, 3.63) is 0 Å². The standard InChI is InChI=1S/C39H77N3O4/c1-4-6-8-10-12-16-23-36(24-17-13-11-9-7-5-2)35-40-38(44)27-18-14-20-29-41(30-21-15-19-28-39(45)46-3)31-32-42(33-34-43)37-25-22-26-37/h36-37,43H,4-35H2,1-3H3,(H,40,44). The second-order valence-electron chi connectivity index (χ2n) is 14.2. The molecule has 0 heterocycles. The molecule has 1 rings (SSSR count). The number of hydrogen-bond acceptors (Lipinski definition) is 6. The number of nitrogens with zero attached hydrogens (tertiary/aromatic N) is 2. The SMILES string of the molecule is CCCCCCCCC(CCCCCCCC)CNC(=O)CCCCCN(CCCCCC(=O)OC)CCN(CCO)C1CCC1. The van der Waals surface area contributed by atoms with Gasteiger partial charge in [0.2, 0.25) is 5.91 Å². The molecule has 0 aliphatic heterocycles. The van der Waals surface area contributed by atoms with Crippen molar-refractivity contribution in [2.75, 3.05) is 53.0 Å². The summed E-state index contributed by atoms with van der Waals surface area (Å²) >= 11 is 0. The van der Waals surface area contributed by atoms with Gasteiger partial charge in [-0.05, 0) is 70.4 Å². The van der Waals surface area contributed by atoms with Crippen molar-refractivity contribution in [2.45, 2.75) is 180 Å². The highest BCUT2D eigenvalue weighted by atomic mass is 16.5. The maximum absolute atomic E-state index is 12.8. The van der Waals surface area contributed by atoms with Gasteiger partial charge in [0, 0.05) is 45.1 Å². The van der Waals surface area contributed by atoms with Gasteiger partial charge in [-0.3, -0.25) is 14.5 Å². The number of ether oxygens (including phenoxy) is 1. The van der Waals surface area contributed by atoms with E-state index in [1.165, 1.54) is 116 Å². The Morgan fingerprint density at radius 3 is 1.76 bits per heavy atom. The molecule has 46 heavy (non-hydrogen) atoms. The third kappa shape index (κ3) is 24.0. The molecule has 0 aromatic heterocycles. The van der Waals surface area contributed by atoms with Crippen LogP contribution in [0, 0.1) is 5.92 Å². The third-order valence-electron chi connectivity index (χ3n) is 10.2. The van der Waals surface area contributed by atoms with Gasteiger partial charge in [-0.2, -0.15) is 0 Å². The highest BCUT2D eigenvalue weighted by Gasteiger charge is 2.24. The molecule has 2 N–H and O–H groups in total. The molecule has 7 heteroatoms. The maximum Gasteiger partial charge on any atom is 0.305 e. The lowest BCUT2D eigenvalue weighted by atomic mass is 9.91.